The minimum absolute atomic E-state index is 0.00609. The predicted octanol–water partition coefficient (Wildman–Crippen LogP) is 4.19. The molecule has 1 N–H and O–H groups in total. The Kier molecular flexibility index (Phi) is 6.63. The summed E-state index contributed by atoms with van der Waals surface area (Å²) in [7, 11) is 0. The Hall–Kier alpha value is -3.09. The third kappa shape index (κ3) is 4.56. The van der Waals surface area contributed by atoms with Crippen molar-refractivity contribution in [3.05, 3.63) is 59.4 Å². The van der Waals surface area contributed by atoms with Gasteiger partial charge in [0.15, 0.2) is 11.5 Å². The van der Waals surface area contributed by atoms with Gasteiger partial charge in [-0.25, -0.2) is 4.39 Å². The average molecular weight is 441 g/mol. The van der Waals surface area contributed by atoms with Crippen LogP contribution in [0.1, 0.15) is 60.2 Å². The van der Waals surface area contributed by atoms with Crippen molar-refractivity contribution < 1.29 is 23.5 Å². The molecule has 2 amide bonds. The topological polar surface area (TPSA) is 67.9 Å². The Morgan fingerprint density at radius 1 is 0.938 bits per heavy atom. The van der Waals surface area contributed by atoms with E-state index in [9.17, 15) is 14.0 Å². The van der Waals surface area contributed by atoms with E-state index in [1.807, 2.05) is 18.7 Å². The molecular formula is C25H29FN2O4. The van der Waals surface area contributed by atoms with Crippen LogP contribution in [0, 0.1) is 5.82 Å². The molecule has 3 atom stereocenters. The second-order valence-electron chi connectivity index (χ2n) is 8.27. The molecule has 2 aromatic rings. The van der Waals surface area contributed by atoms with Crippen LogP contribution in [0.5, 0.6) is 11.5 Å². The van der Waals surface area contributed by atoms with Crippen LogP contribution in [0.25, 0.3) is 0 Å². The van der Waals surface area contributed by atoms with Gasteiger partial charge in [0, 0.05) is 29.3 Å². The number of carbonyl (C=O) groups is 2. The lowest BCUT2D eigenvalue weighted by molar-refractivity contribution is 0.0549. The van der Waals surface area contributed by atoms with Gasteiger partial charge >= 0.3 is 0 Å². The first-order valence-electron chi connectivity index (χ1n) is 11.3. The van der Waals surface area contributed by atoms with Crippen LogP contribution >= 0.6 is 0 Å². The highest BCUT2D eigenvalue weighted by Crippen LogP contribution is 2.38. The van der Waals surface area contributed by atoms with Crippen LogP contribution in [-0.2, 0) is 0 Å². The van der Waals surface area contributed by atoms with Crippen molar-refractivity contribution in [2.45, 2.75) is 57.7 Å². The minimum Gasteiger partial charge on any atom is -0.490 e. The Bertz CT molecular complexity index is 964. The highest BCUT2D eigenvalue weighted by atomic mass is 19.1. The van der Waals surface area contributed by atoms with E-state index in [2.05, 4.69) is 5.32 Å². The Morgan fingerprint density at radius 3 is 2.16 bits per heavy atom. The fourth-order valence-electron chi connectivity index (χ4n) is 4.83. The number of hydrogen-bond donors (Lipinski definition) is 1. The fourth-order valence-corrected chi connectivity index (χ4v) is 4.83. The van der Waals surface area contributed by atoms with Gasteiger partial charge in [0.25, 0.3) is 11.8 Å². The summed E-state index contributed by atoms with van der Waals surface area (Å²) in [4.78, 5) is 27.9. The van der Waals surface area contributed by atoms with Gasteiger partial charge in [0.1, 0.15) is 5.82 Å². The summed E-state index contributed by atoms with van der Waals surface area (Å²) in [6.45, 7) is 4.82. The second-order valence-corrected chi connectivity index (χ2v) is 8.27. The van der Waals surface area contributed by atoms with Crippen molar-refractivity contribution in [1.29, 1.82) is 0 Å². The van der Waals surface area contributed by atoms with Gasteiger partial charge in [-0.2, -0.15) is 0 Å². The fraction of sp³-hybridized carbons (Fsp3) is 0.440. The minimum atomic E-state index is -0.367. The van der Waals surface area contributed by atoms with Crippen molar-refractivity contribution >= 4 is 11.8 Å². The molecule has 6 nitrogen and oxygen atoms in total. The number of piperidine rings is 1. The summed E-state index contributed by atoms with van der Waals surface area (Å²) in [5.41, 5.74) is 1.03. The van der Waals surface area contributed by atoms with Crippen molar-refractivity contribution in [2.75, 3.05) is 13.2 Å². The molecule has 0 saturated carbocycles. The number of nitrogens with one attached hydrogen (secondary N) is 1. The molecule has 2 fully saturated rings. The molecule has 0 aromatic heterocycles. The van der Waals surface area contributed by atoms with Gasteiger partial charge in [-0.15, -0.1) is 0 Å². The smallest absolute Gasteiger partial charge is 0.254 e. The van der Waals surface area contributed by atoms with Gasteiger partial charge in [0.2, 0.25) is 0 Å². The van der Waals surface area contributed by atoms with E-state index < -0.39 is 0 Å². The maximum Gasteiger partial charge on any atom is 0.254 e. The number of halogens is 1. The summed E-state index contributed by atoms with van der Waals surface area (Å²) < 4.78 is 24.4. The molecule has 2 aromatic carbocycles. The van der Waals surface area contributed by atoms with E-state index in [1.54, 1.807) is 18.2 Å². The van der Waals surface area contributed by atoms with E-state index in [4.69, 9.17) is 9.47 Å². The van der Waals surface area contributed by atoms with E-state index in [1.165, 1.54) is 24.3 Å². The molecule has 2 heterocycles. The van der Waals surface area contributed by atoms with Gasteiger partial charge in [-0.3, -0.25) is 9.59 Å². The normalized spacial score (nSPS) is 21.8. The van der Waals surface area contributed by atoms with E-state index in [0.717, 1.165) is 12.8 Å². The summed E-state index contributed by atoms with van der Waals surface area (Å²) in [6, 6.07) is 11.0. The summed E-state index contributed by atoms with van der Waals surface area (Å²) in [6.07, 6.45) is 3.28. The molecule has 4 rings (SSSR count). The van der Waals surface area contributed by atoms with Gasteiger partial charge in [-0.05, 0) is 82.0 Å². The molecule has 7 heteroatoms. The first-order chi connectivity index (χ1) is 15.5. The lowest BCUT2D eigenvalue weighted by atomic mass is 9.95. The maximum absolute atomic E-state index is 13.4. The second kappa shape index (κ2) is 9.59. The number of ether oxygens (including phenoxy) is 2. The number of hydrogen-bond acceptors (Lipinski definition) is 4. The molecule has 170 valence electrons. The third-order valence-electron chi connectivity index (χ3n) is 6.20. The number of rotatable bonds is 7. The number of amides is 2. The van der Waals surface area contributed by atoms with Crippen LogP contribution in [-0.4, -0.2) is 48.1 Å². The lowest BCUT2D eigenvalue weighted by Gasteiger charge is -2.39. The summed E-state index contributed by atoms with van der Waals surface area (Å²) in [5.74, 6) is 0.630. The molecule has 2 bridgehead atoms. The van der Waals surface area contributed by atoms with Crippen molar-refractivity contribution in [1.82, 2.24) is 10.2 Å². The summed E-state index contributed by atoms with van der Waals surface area (Å²) >= 11 is 0. The van der Waals surface area contributed by atoms with Gasteiger partial charge in [-0.1, -0.05) is 0 Å². The first-order valence-corrected chi connectivity index (χ1v) is 11.3. The van der Waals surface area contributed by atoms with E-state index in [-0.39, 0.29) is 35.8 Å². The number of nitrogens with zero attached hydrogens (tertiary/aromatic N) is 1. The number of benzene rings is 2. The summed E-state index contributed by atoms with van der Waals surface area (Å²) in [5, 5.41) is 3.07. The molecule has 2 aliphatic heterocycles. The zero-order valence-corrected chi connectivity index (χ0v) is 18.5. The Labute approximate surface area is 187 Å². The van der Waals surface area contributed by atoms with Crippen LogP contribution in [0.4, 0.5) is 4.39 Å². The molecule has 0 spiro atoms. The number of carbonyl (C=O) groups excluding carboxylic acids is 2. The van der Waals surface area contributed by atoms with Gasteiger partial charge < -0.3 is 19.7 Å². The SMILES string of the molecule is CCOc1ccc(C(=O)N2[C@@H]3CC[C@H]2CC(NC(=O)c2ccc(F)cc2)C3)cc1OCC. The average Bonchev–Trinajstić information content (AvgIpc) is 3.05. The monoisotopic (exact) mass is 440 g/mol. The Balaban J connectivity index is 1.44. The predicted molar refractivity (Wildman–Crippen MR) is 119 cm³/mol. The molecular weight excluding hydrogens is 411 g/mol. The van der Waals surface area contributed by atoms with E-state index in [0.29, 0.717) is 48.7 Å². The number of fused-ring (bicyclic) bond motifs is 2. The zero-order chi connectivity index (χ0) is 22.7. The first kappa shape index (κ1) is 22.1. The van der Waals surface area contributed by atoms with Crippen molar-refractivity contribution in [2.24, 2.45) is 0 Å². The standard InChI is InChI=1S/C25H29FN2O4/c1-3-31-22-12-7-17(13-23(22)32-4-2)25(30)28-20-10-11-21(28)15-19(14-20)27-24(29)16-5-8-18(26)9-6-16/h5-9,12-13,19-21H,3-4,10-11,14-15H2,1-2H3,(H,27,29)/t19?,20-,21+. The molecule has 1 unspecified atom stereocenters. The highest BCUT2D eigenvalue weighted by Gasteiger charge is 2.44. The van der Waals surface area contributed by atoms with Crippen LogP contribution in [0.2, 0.25) is 0 Å². The van der Waals surface area contributed by atoms with E-state index >= 15 is 0 Å². The van der Waals surface area contributed by atoms with Crippen molar-refractivity contribution in [3.8, 4) is 11.5 Å². The zero-order valence-electron chi connectivity index (χ0n) is 18.5. The largest absolute Gasteiger partial charge is 0.490 e. The Morgan fingerprint density at radius 2 is 1.53 bits per heavy atom. The highest BCUT2D eigenvalue weighted by molar-refractivity contribution is 5.96. The molecule has 0 radical (unpaired) electrons. The third-order valence-corrected chi connectivity index (χ3v) is 6.20. The van der Waals surface area contributed by atoms with Crippen LogP contribution in [0.15, 0.2) is 42.5 Å². The maximum atomic E-state index is 13.4. The quantitative estimate of drug-likeness (QED) is 0.701. The van der Waals surface area contributed by atoms with Crippen molar-refractivity contribution in [3.63, 3.8) is 0 Å². The van der Waals surface area contributed by atoms with Gasteiger partial charge in [0.05, 0.1) is 13.2 Å². The molecule has 0 aliphatic carbocycles. The molecule has 2 aliphatic rings. The lowest BCUT2D eigenvalue weighted by Crippen LogP contribution is -2.52. The molecule has 32 heavy (non-hydrogen) atoms. The molecule has 2 saturated heterocycles. The van der Waals surface area contributed by atoms with Crippen LogP contribution in [0.3, 0.4) is 0 Å². The van der Waals surface area contributed by atoms with Crippen LogP contribution < -0.4 is 14.8 Å².